The molecule has 4 bridgehead atoms. The van der Waals surface area contributed by atoms with Gasteiger partial charge in [0, 0.05) is 73.6 Å². The number of hydrogen-bond acceptors (Lipinski definition) is 24. The first-order valence-corrected chi connectivity index (χ1v) is 42.0. The number of ether oxygens (including phenoxy) is 4. The summed E-state index contributed by atoms with van der Waals surface area (Å²) < 4.78 is 58.8. The number of carboxylic acids is 2. The SMILES string of the molecule is CCC(=O)N[C@H]1CC(COCCS(=O)(=O)O)N(CC(=O)N[C@H](C(=O)N[C@@H](C)C(=O)Nc2ccc(COC(=O)N(CCOC34CC5(C)CC(C)(CC(Cn6ncc(-c7ccc(N8CCc9cccc(C(=O)Nc%10nc%11ccccc%11s%10)c9C8)nc7C(=O)O)c6C)(C5)C3)C4)CCC(N)=O)c(CC[C@@H]3O[C@H](C(=O)O)[C@@H](O)[C@H](O)[C@H]3O)c2)C(C)C)C1=O. The first-order chi connectivity index (χ1) is 55.8. The molecule has 2 saturated heterocycles. The fraction of sp³-hybridized carbons (Fsp3) is 0.543. The average Bonchev–Trinajstić information content (AvgIpc) is 0.860. The third-order valence-electron chi connectivity index (χ3n) is 23.4. The summed E-state index contributed by atoms with van der Waals surface area (Å²) in [6, 6.07) is 17.0. The lowest BCUT2D eigenvalue weighted by Gasteiger charge is -2.69. The number of primary amides is 1. The fourth-order valence-corrected chi connectivity index (χ4v) is 20.1. The molecule has 8 amide bonds. The van der Waals surface area contributed by atoms with E-state index in [1.54, 1.807) is 39.1 Å². The van der Waals surface area contributed by atoms with Gasteiger partial charge in [-0.05, 0) is 165 Å². The number of carboxylic acid groups (broad SMARTS) is 2. The molecule has 4 saturated carbocycles. The van der Waals surface area contributed by atoms with Gasteiger partial charge in [-0.15, -0.1) is 0 Å². The maximum atomic E-state index is 14.4. The van der Waals surface area contributed by atoms with Crippen molar-refractivity contribution in [3.05, 3.63) is 118 Å². The molecule has 3 aromatic heterocycles. The summed E-state index contributed by atoms with van der Waals surface area (Å²) in [5, 5.41) is 71.8. The number of nitrogens with zero attached hydrogens (tertiary/aromatic N) is 7. The molecule has 3 aliphatic heterocycles. The number of benzene rings is 3. The Kier molecular flexibility index (Phi) is 26.5. The highest BCUT2D eigenvalue weighted by molar-refractivity contribution is 7.85. The summed E-state index contributed by atoms with van der Waals surface area (Å²) in [6.45, 7) is 12.2. The topological polar surface area (TPSA) is 503 Å². The molecule has 0 radical (unpaired) electrons. The van der Waals surface area contributed by atoms with Gasteiger partial charge in [0.05, 0.1) is 66.3 Å². The van der Waals surface area contributed by atoms with Gasteiger partial charge in [0.15, 0.2) is 16.9 Å². The fourth-order valence-electron chi connectivity index (χ4n) is 18.9. The molecule has 118 heavy (non-hydrogen) atoms. The molecule has 0 spiro atoms. The lowest BCUT2D eigenvalue weighted by molar-refractivity contribution is -0.248. The number of aliphatic hydroxyl groups is 3. The highest BCUT2D eigenvalue weighted by atomic mass is 32.2. The maximum absolute atomic E-state index is 14.4. The summed E-state index contributed by atoms with van der Waals surface area (Å²) in [6.07, 6.45) is -3.07. The van der Waals surface area contributed by atoms with Crippen LogP contribution in [0, 0.1) is 29.1 Å². The molecule has 3 unspecified atom stereocenters. The van der Waals surface area contributed by atoms with Gasteiger partial charge < -0.3 is 86.2 Å². The molecule has 636 valence electrons. The molecule has 35 nitrogen and oxygen atoms in total. The van der Waals surface area contributed by atoms with E-state index in [0.29, 0.717) is 71.2 Å². The number of amides is 8. The minimum atomic E-state index is -4.38. The molecule has 4 aliphatic carbocycles. The Morgan fingerprint density at radius 3 is 2.26 bits per heavy atom. The van der Waals surface area contributed by atoms with E-state index in [-0.39, 0.29) is 91.9 Å². The molecule has 11 atom stereocenters. The molecule has 6 aromatic rings. The molecular formula is C81H103N13O22S2. The van der Waals surface area contributed by atoms with Crippen LogP contribution in [0.5, 0.6) is 0 Å². The molecule has 3 aromatic carbocycles. The zero-order valence-electron chi connectivity index (χ0n) is 66.8. The number of pyridine rings is 1. The van der Waals surface area contributed by atoms with E-state index >= 15 is 0 Å². The maximum Gasteiger partial charge on any atom is 0.410 e. The highest BCUT2D eigenvalue weighted by Crippen LogP contribution is 2.72. The standard InChI is InChI=1S/C81H103N13O22S2/c1-8-62(96)86-57-31-51(36-113-28-29-118(110,111)112)93(73(57)104)34-63(97)89-64(44(2)3)72(103)84-45(4)70(101)85-50-18-16-49(48(30-50)17-20-58-66(98)67(99)68(100)69(116-58)75(107)108)35-114-77(109)91(25-23-60(82)95)26-27-115-81-40-78(6)37-79(7,41-81)39-80(38-78,42-81)43-94-46(5)54(32-83-94)52-19-21-61(88-65(52)74(105)106)92-24-22-47-12-11-13-53(55(47)33-92)71(102)90-76-87-56-14-9-10-15-59(56)117-76/h9-16,18-19,21,30,32,44-45,51,57-58,64,66-69,98-100H,8,17,20,22-29,31,33-43H2,1-7H3,(H2,82,95)(H,84,103)(H,85,101)(H,86,96)(H,89,97)(H,105,106)(H,107,108)(H,87,90,102)(H,110,111,112)/t45-,51?,57-,58-,64-,66-,67+,68-,69-,78?,79?,80?,81?/m0/s1. The highest BCUT2D eigenvalue weighted by Gasteiger charge is 2.66. The van der Waals surface area contributed by atoms with Crippen LogP contribution in [0.4, 0.5) is 21.4 Å². The smallest absolute Gasteiger partial charge is 0.410 e. The number of aromatic carboxylic acids is 1. The summed E-state index contributed by atoms with van der Waals surface area (Å²) in [4.78, 5) is 147. The Morgan fingerprint density at radius 1 is 0.822 bits per heavy atom. The lowest BCUT2D eigenvalue weighted by Crippen LogP contribution is -2.64. The van der Waals surface area contributed by atoms with Crippen molar-refractivity contribution in [2.75, 3.05) is 67.3 Å². The number of anilines is 3. The van der Waals surface area contributed by atoms with Crippen LogP contribution in [-0.4, -0.2) is 239 Å². The van der Waals surface area contributed by atoms with Crippen LogP contribution in [0.2, 0.25) is 0 Å². The van der Waals surface area contributed by atoms with Crippen LogP contribution in [0.3, 0.4) is 0 Å². The predicted octanol–water partition coefficient (Wildman–Crippen LogP) is 4.88. The monoisotopic (exact) mass is 1670 g/mol. The van der Waals surface area contributed by atoms with Crippen molar-refractivity contribution in [1.82, 2.24) is 45.5 Å². The van der Waals surface area contributed by atoms with Crippen molar-refractivity contribution < 1.29 is 105 Å². The van der Waals surface area contributed by atoms with Crippen LogP contribution in [0.15, 0.2) is 79.0 Å². The quantitative estimate of drug-likeness (QED) is 0.0186. The Hall–Kier alpha value is -10.1. The van der Waals surface area contributed by atoms with Crippen LogP contribution >= 0.6 is 11.3 Å². The number of carbonyl (C=O) groups excluding carboxylic acids is 8. The number of carbonyl (C=O) groups is 10. The number of aromatic nitrogens is 4. The number of fused-ring (bicyclic) bond motifs is 2. The van der Waals surface area contributed by atoms with Gasteiger partial charge in [-0.1, -0.05) is 76.3 Å². The third-order valence-corrected chi connectivity index (χ3v) is 25.1. The molecule has 7 aliphatic rings. The molecule has 13 N–H and O–H groups in total. The minimum Gasteiger partial charge on any atom is -0.479 e. The van der Waals surface area contributed by atoms with Gasteiger partial charge >= 0.3 is 18.0 Å². The Morgan fingerprint density at radius 2 is 1.57 bits per heavy atom. The van der Waals surface area contributed by atoms with E-state index in [1.807, 2.05) is 59.0 Å². The Bertz CT molecular complexity index is 4910. The zero-order chi connectivity index (χ0) is 85.1. The van der Waals surface area contributed by atoms with Gasteiger partial charge in [0.1, 0.15) is 48.9 Å². The van der Waals surface area contributed by atoms with Gasteiger partial charge in [-0.2, -0.15) is 13.5 Å². The molecule has 37 heteroatoms. The number of nitrogens with two attached hydrogens (primary N) is 1. The van der Waals surface area contributed by atoms with E-state index in [9.17, 15) is 81.9 Å². The zero-order valence-corrected chi connectivity index (χ0v) is 68.4. The minimum absolute atomic E-state index is 0.00136. The molecule has 13 rings (SSSR count). The third kappa shape index (κ3) is 20.2. The number of thiazole rings is 1. The number of aryl methyl sites for hydroxylation is 1. The second-order valence-corrected chi connectivity index (χ2v) is 35.9. The van der Waals surface area contributed by atoms with Crippen LogP contribution in [-0.2, 0) is 95.2 Å². The number of para-hydroxylation sites is 1. The van der Waals surface area contributed by atoms with Crippen LogP contribution < -0.4 is 37.2 Å². The number of nitrogens with one attached hydrogen (secondary N) is 5. The Balaban J connectivity index is 0.699. The van der Waals surface area contributed by atoms with E-state index in [4.69, 9.17) is 39.3 Å². The molecule has 6 heterocycles. The van der Waals surface area contributed by atoms with Gasteiger partial charge in [-0.3, -0.25) is 48.1 Å². The van der Waals surface area contributed by atoms with E-state index in [0.717, 1.165) is 64.0 Å². The summed E-state index contributed by atoms with van der Waals surface area (Å²) in [7, 11) is -4.38. The predicted molar refractivity (Wildman–Crippen MR) is 428 cm³/mol. The van der Waals surface area contributed by atoms with Gasteiger partial charge in [0.2, 0.25) is 35.4 Å². The van der Waals surface area contributed by atoms with Crippen molar-refractivity contribution >= 4 is 108 Å². The number of aliphatic carboxylic acids is 1. The molecule has 6 fully saturated rings. The summed E-state index contributed by atoms with van der Waals surface area (Å²) >= 11 is 1.39. The Labute approximate surface area is 685 Å². The average molecular weight is 1670 g/mol. The van der Waals surface area contributed by atoms with E-state index < -0.39 is 155 Å². The molecular weight excluding hydrogens is 1570 g/mol. The van der Waals surface area contributed by atoms with Crippen LogP contribution in [0.1, 0.15) is 155 Å². The number of rotatable bonds is 35. The first-order valence-electron chi connectivity index (χ1n) is 39.5. The van der Waals surface area contributed by atoms with Crippen molar-refractivity contribution in [2.45, 2.75) is 206 Å². The van der Waals surface area contributed by atoms with Crippen molar-refractivity contribution in [1.29, 1.82) is 0 Å². The van der Waals surface area contributed by atoms with E-state index in [2.05, 4.69) is 45.4 Å². The number of aliphatic hydroxyl groups excluding tert-OH is 3. The van der Waals surface area contributed by atoms with Crippen molar-refractivity contribution in [3.63, 3.8) is 0 Å². The van der Waals surface area contributed by atoms with Crippen molar-refractivity contribution in [3.8, 4) is 11.1 Å². The second kappa shape index (κ2) is 35.8. The van der Waals surface area contributed by atoms with Gasteiger partial charge in [0.25, 0.3) is 16.0 Å². The van der Waals surface area contributed by atoms with E-state index in [1.165, 1.54) is 41.4 Å². The van der Waals surface area contributed by atoms with Gasteiger partial charge in [-0.25, -0.2) is 24.4 Å². The normalized spacial score (nSPS) is 25.1. The lowest BCUT2D eigenvalue weighted by atomic mass is 9.39. The number of likely N-dealkylation sites (tertiary alicyclic amines) is 1. The van der Waals surface area contributed by atoms with Crippen LogP contribution in [0.25, 0.3) is 21.3 Å². The van der Waals surface area contributed by atoms with Crippen molar-refractivity contribution in [2.24, 2.45) is 27.9 Å². The first kappa shape index (κ1) is 87.2. The second-order valence-electron chi connectivity index (χ2n) is 33.3. The largest absolute Gasteiger partial charge is 0.479 e. The summed E-state index contributed by atoms with van der Waals surface area (Å²) in [5.74, 6) is -8.07. The summed E-state index contributed by atoms with van der Waals surface area (Å²) in [5.41, 5.74) is 9.99. The number of hydrogen-bond donors (Lipinski definition) is 12.